The number of morpholine rings is 1. The molecule has 2 aromatic carbocycles. The molecule has 2 amide bonds. The first kappa shape index (κ1) is 27.9. The third-order valence-electron chi connectivity index (χ3n) is 5.16. The van der Waals surface area contributed by atoms with Crippen molar-refractivity contribution >= 4 is 33.7 Å². The summed E-state index contributed by atoms with van der Waals surface area (Å²) in [6.07, 6.45) is -2.61. The number of hydrogen-bond acceptors (Lipinski definition) is 7. The molecule has 2 aromatic rings. The standard InChI is InChI=1S/C23H25F3N4O6S/c1-37(33,34)30(19-4-2-3-18(13-19)23(24,25)26)15-21(31)28-27-14-17-5-7-20(8-6-17)36-16-22(32)29-9-11-35-12-10-29/h2-8,13-14H,9-12,15-16H2,1H3,(H,28,31)/b27-14-. The van der Waals surface area contributed by atoms with Gasteiger partial charge in [0.05, 0.1) is 36.9 Å². The normalized spacial score (nSPS) is 14.4. The number of ether oxygens (including phenoxy) is 2. The average molecular weight is 543 g/mol. The van der Waals surface area contributed by atoms with Crippen LogP contribution < -0.4 is 14.5 Å². The van der Waals surface area contributed by atoms with E-state index in [1.54, 1.807) is 29.2 Å². The summed E-state index contributed by atoms with van der Waals surface area (Å²) >= 11 is 0. The van der Waals surface area contributed by atoms with Gasteiger partial charge in [-0.1, -0.05) is 6.07 Å². The highest BCUT2D eigenvalue weighted by molar-refractivity contribution is 7.92. The van der Waals surface area contributed by atoms with Gasteiger partial charge in [-0.2, -0.15) is 18.3 Å². The minimum atomic E-state index is -4.68. The molecule has 1 heterocycles. The molecule has 200 valence electrons. The molecule has 0 bridgehead atoms. The van der Waals surface area contributed by atoms with Crippen LogP contribution in [0.5, 0.6) is 5.75 Å². The number of halogens is 3. The molecule has 0 aliphatic carbocycles. The van der Waals surface area contributed by atoms with Gasteiger partial charge in [-0.05, 0) is 48.0 Å². The summed E-state index contributed by atoms with van der Waals surface area (Å²) in [6, 6.07) is 10.1. The third kappa shape index (κ3) is 8.46. The largest absolute Gasteiger partial charge is 0.484 e. The maximum Gasteiger partial charge on any atom is 0.416 e. The lowest BCUT2D eigenvalue weighted by Crippen LogP contribution is -2.42. The molecule has 0 atom stereocenters. The summed E-state index contributed by atoms with van der Waals surface area (Å²) in [6.45, 7) is 1.13. The number of sulfonamides is 1. The molecule has 0 saturated carbocycles. The first-order chi connectivity index (χ1) is 17.4. The molecule has 1 aliphatic rings. The van der Waals surface area contributed by atoms with Gasteiger partial charge in [0.15, 0.2) is 6.61 Å². The molecule has 0 unspecified atom stereocenters. The Morgan fingerprint density at radius 3 is 2.46 bits per heavy atom. The smallest absolute Gasteiger partial charge is 0.416 e. The summed E-state index contributed by atoms with van der Waals surface area (Å²) in [4.78, 5) is 26.0. The second kappa shape index (κ2) is 12.1. The van der Waals surface area contributed by atoms with Crippen molar-refractivity contribution in [2.75, 3.05) is 50.0 Å². The number of alkyl halides is 3. The Labute approximate surface area is 211 Å². The minimum Gasteiger partial charge on any atom is -0.484 e. The molecule has 0 radical (unpaired) electrons. The number of carbonyl (C=O) groups excluding carboxylic acids is 2. The molecule has 3 rings (SSSR count). The molecule has 0 aromatic heterocycles. The quantitative estimate of drug-likeness (QED) is 0.382. The Kier molecular flexibility index (Phi) is 9.10. The van der Waals surface area contributed by atoms with Crippen LogP contribution in [0.25, 0.3) is 0 Å². The van der Waals surface area contributed by atoms with Gasteiger partial charge < -0.3 is 14.4 Å². The predicted octanol–water partition coefficient (Wildman–Crippen LogP) is 1.86. The molecule has 1 fully saturated rings. The zero-order valence-electron chi connectivity index (χ0n) is 19.8. The lowest BCUT2D eigenvalue weighted by Gasteiger charge is -2.26. The SMILES string of the molecule is CS(=O)(=O)N(CC(=O)N/N=C\c1ccc(OCC(=O)N2CCOCC2)cc1)c1cccc(C(F)(F)F)c1. The number of anilines is 1. The molecular weight excluding hydrogens is 517 g/mol. The number of nitrogens with zero attached hydrogens (tertiary/aromatic N) is 3. The highest BCUT2D eigenvalue weighted by atomic mass is 32.2. The second-order valence-electron chi connectivity index (χ2n) is 7.96. The van der Waals surface area contributed by atoms with E-state index < -0.39 is 34.2 Å². The fraction of sp³-hybridized carbons (Fsp3) is 0.348. The van der Waals surface area contributed by atoms with Crippen molar-refractivity contribution in [3.63, 3.8) is 0 Å². The van der Waals surface area contributed by atoms with E-state index in [0.29, 0.717) is 48.0 Å². The topological polar surface area (TPSA) is 118 Å². The molecule has 10 nitrogen and oxygen atoms in total. The van der Waals surface area contributed by atoms with Crippen molar-refractivity contribution < 1.29 is 40.7 Å². The lowest BCUT2D eigenvalue weighted by molar-refractivity contribution is -0.138. The number of carbonyl (C=O) groups is 2. The maximum atomic E-state index is 13.0. The fourth-order valence-corrected chi connectivity index (χ4v) is 4.13. The Morgan fingerprint density at radius 2 is 1.84 bits per heavy atom. The zero-order chi connectivity index (χ0) is 27.1. The highest BCUT2D eigenvalue weighted by Crippen LogP contribution is 2.32. The van der Waals surface area contributed by atoms with E-state index in [0.717, 1.165) is 24.5 Å². The number of rotatable bonds is 9. The Balaban J connectivity index is 1.54. The van der Waals surface area contributed by atoms with Crippen LogP contribution in [0.1, 0.15) is 11.1 Å². The first-order valence-electron chi connectivity index (χ1n) is 11.0. The molecule has 1 saturated heterocycles. The van der Waals surface area contributed by atoms with Gasteiger partial charge in [-0.25, -0.2) is 13.8 Å². The van der Waals surface area contributed by atoms with Crippen molar-refractivity contribution in [2.24, 2.45) is 5.10 Å². The number of amides is 2. The van der Waals surface area contributed by atoms with Crippen LogP contribution in [0.4, 0.5) is 18.9 Å². The number of benzene rings is 2. The molecule has 0 spiro atoms. The van der Waals surface area contributed by atoms with Gasteiger partial charge in [0, 0.05) is 13.1 Å². The van der Waals surface area contributed by atoms with Crippen LogP contribution in [0.15, 0.2) is 53.6 Å². The second-order valence-corrected chi connectivity index (χ2v) is 9.87. The van der Waals surface area contributed by atoms with Crippen molar-refractivity contribution in [1.82, 2.24) is 10.3 Å². The van der Waals surface area contributed by atoms with Crippen LogP contribution in [0.2, 0.25) is 0 Å². The van der Waals surface area contributed by atoms with Crippen LogP contribution in [-0.4, -0.2) is 77.1 Å². The third-order valence-corrected chi connectivity index (χ3v) is 6.30. The van der Waals surface area contributed by atoms with E-state index >= 15 is 0 Å². The summed E-state index contributed by atoms with van der Waals surface area (Å²) in [5, 5.41) is 3.75. The van der Waals surface area contributed by atoms with Crippen LogP contribution >= 0.6 is 0 Å². The molecular formula is C23H25F3N4O6S. The van der Waals surface area contributed by atoms with Gasteiger partial charge >= 0.3 is 6.18 Å². The van der Waals surface area contributed by atoms with E-state index in [9.17, 15) is 31.2 Å². The fourth-order valence-electron chi connectivity index (χ4n) is 3.28. The minimum absolute atomic E-state index is 0.119. The van der Waals surface area contributed by atoms with E-state index in [2.05, 4.69) is 10.5 Å². The first-order valence-corrected chi connectivity index (χ1v) is 12.8. The van der Waals surface area contributed by atoms with E-state index in [1.807, 2.05) is 0 Å². The highest BCUT2D eigenvalue weighted by Gasteiger charge is 2.32. The lowest BCUT2D eigenvalue weighted by atomic mass is 10.2. The Morgan fingerprint density at radius 1 is 1.16 bits per heavy atom. The maximum absolute atomic E-state index is 13.0. The van der Waals surface area contributed by atoms with Gasteiger partial charge in [-0.3, -0.25) is 13.9 Å². The molecule has 14 heteroatoms. The number of hydrazone groups is 1. The molecule has 1 N–H and O–H groups in total. The molecule has 1 aliphatic heterocycles. The van der Waals surface area contributed by atoms with Crippen molar-refractivity contribution in [3.05, 3.63) is 59.7 Å². The number of hydrogen-bond donors (Lipinski definition) is 1. The van der Waals surface area contributed by atoms with Crippen LogP contribution in [0, 0.1) is 0 Å². The summed E-state index contributed by atoms with van der Waals surface area (Å²) in [7, 11) is -4.07. The van der Waals surface area contributed by atoms with E-state index in [-0.39, 0.29) is 18.2 Å². The number of nitrogens with one attached hydrogen (secondary N) is 1. The Bertz CT molecular complexity index is 1230. The van der Waals surface area contributed by atoms with Crippen LogP contribution in [0.3, 0.4) is 0 Å². The van der Waals surface area contributed by atoms with Gasteiger partial charge in [0.25, 0.3) is 11.8 Å². The van der Waals surface area contributed by atoms with Crippen LogP contribution in [-0.2, 0) is 30.5 Å². The van der Waals surface area contributed by atoms with Crippen molar-refractivity contribution in [2.45, 2.75) is 6.18 Å². The van der Waals surface area contributed by atoms with Gasteiger partial charge in [-0.15, -0.1) is 0 Å². The summed E-state index contributed by atoms with van der Waals surface area (Å²) in [5.74, 6) is -0.557. The average Bonchev–Trinajstić information content (AvgIpc) is 2.86. The summed E-state index contributed by atoms with van der Waals surface area (Å²) in [5.41, 5.74) is 1.36. The monoisotopic (exact) mass is 542 g/mol. The predicted molar refractivity (Wildman–Crippen MR) is 129 cm³/mol. The van der Waals surface area contributed by atoms with E-state index in [4.69, 9.17) is 9.47 Å². The zero-order valence-corrected chi connectivity index (χ0v) is 20.6. The van der Waals surface area contributed by atoms with Crippen molar-refractivity contribution in [3.8, 4) is 5.75 Å². The summed E-state index contributed by atoms with van der Waals surface area (Å²) < 4.78 is 74.5. The molecule has 37 heavy (non-hydrogen) atoms. The van der Waals surface area contributed by atoms with Crippen molar-refractivity contribution in [1.29, 1.82) is 0 Å². The van der Waals surface area contributed by atoms with Gasteiger partial charge in [0.1, 0.15) is 12.3 Å². The van der Waals surface area contributed by atoms with E-state index in [1.165, 1.54) is 6.21 Å². The Hall–Kier alpha value is -3.65. The van der Waals surface area contributed by atoms with Gasteiger partial charge in [0.2, 0.25) is 10.0 Å².